The van der Waals surface area contributed by atoms with Crippen LogP contribution in [0.3, 0.4) is 0 Å². The first kappa shape index (κ1) is 27.5. The number of hydrogen-bond donors (Lipinski definition) is 1. The normalized spacial score (nSPS) is 12.0. The summed E-state index contributed by atoms with van der Waals surface area (Å²) < 4.78 is 44.5. The Balaban J connectivity index is 2.03. The Kier molecular flexibility index (Phi) is 9.31. The molecule has 0 aliphatic rings. The second kappa shape index (κ2) is 12.2. The Morgan fingerprint density at radius 1 is 1.06 bits per heavy atom. The van der Waals surface area contributed by atoms with Crippen LogP contribution in [0.25, 0.3) is 11.4 Å². The van der Waals surface area contributed by atoms with Gasteiger partial charge in [-0.25, -0.2) is 4.98 Å². The minimum atomic E-state index is -4.57. The van der Waals surface area contributed by atoms with E-state index in [1.807, 2.05) is 30.0 Å². The fourth-order valence-corrected chi connectivity index (χ4v) is 4.14. The predicted octanol–water partition coefficient (Wildman–Crippen LogP) is 6.52. The topological polar surface area (TPSA) is 64.2 Å². The zero-order valence-electron chi connectivity index (χ0n) is 21.2. The molecule has 0 bridgehead atoms. The maximum atomic E-state index is 14.3. The molecule has 0 aliphatic carbocycles. The van der Waals surface area contributed by atoms with Crippen LogP contribution >= 0.6 is 0 Å². The summed E-state index contributed by atoms with van der Waals surface area (Å²) in [4.78, 5) is 17.6. The Bertz CT molecular complexity index is 1120. The van der Waals surface area contributed by atoms with Gasteiger partial charge in [0, 0.05) is 30.8 Å². The zero-order valence-corrected chi connectivity index (χ0v) is 21.2. The number of carbonyl (C=O) groups is 1. The fourth-order valence-electron chi connectivity index (χ4n) is 4.14. The number of aromatic nitrogens is 2. The van der Waals surface area contributed by atoms with Gasteiger partial charge in [0.25, 0.3) is 0 Å². The minimum Gasteiger partial charge on any atom is -0.366 e. The highest BCUT2D eigenvalue weighted by atomic mass is 19.4. The van der Waals surface area contributed by atoms with Gasteiger partial charge in [0.1, 0.15) is 5.82 Å². The fraction of sp³-hybridized carbons (Fsp3) is 0.429. The average Bonchev–Trinajstić information content (AvgIpc) is 3.20. The van der Waals surface area contributed by atoms with Crippen LogP contribution < -0.4 is 5.73 Å². The van der Waals surface area contributed by atoms with E-state index < -0.39 is 17.8 Å². The largest absolute Gasteiger partial charge is 0.435 e. The number of hydrogen-bond acceptors (Lipinski definition) is 3. The molecule has 0 unspecified atom stereocenters. The Hall–Kier alpha value is -3.13. The van der Waals surface area contributed by atoms with Crippen molar-refractivity contribution in [3.05, 3.63) is 77.1 Å². The molecule has 2 aromatic carbocycles. The van der Waals surface area contributed by atoms with Crippen LogP contribution in [0.4, 0.5) is 13.2 Å². The van der Waals surface area contributed by atoms with Crippen molar-refractivity contribution >= 4 is 5.91 Å². The van der Waals surface area contributed by atoms with Gasteiger partial charge in [-0.1, -0.05) is 69.7 Å². The molecule has 1 amide bonds. The number of alkyl halides is 3. The molecule has 0 atom stereocenters. The molecule has 3 aromatic rings. The van der Waals surface area contributed by atoms with Crippen molar-refractivity contribution in [1.82, 2.24) is 14.5 Å². The molecule has 2 N–H and O–H groups in total. The quantitative estimate of drug-likeness (QED) is 0.308. The number of nitrogens with zero attached hydrogens (tertiary/aromatic N) is 3. The van der Waals surface area contributed by atoms with Crippen LogP contribution in [0.1, 0.15) is 67.3 Å². The minimum absolute atomic E-state index is 0.114. The molecule has 194 valence electrons. The number of carbonyl (C=O) groups excluding carboxylic acids is 1. The SMILES string of the molecule is CCCCn1c(-c2ccccc2)nc(C(F)(F)F)c1CN(CCC(C)C)Cc1ccc(C(N)=O)cc1. The third-order valence-electron chi connectivity index (χ3n) is 6.15. The van der Waals surface area contributed by atoms with Gasteiger partial charge in [0.15, 0.2) is 5.69 Å². The molecule has 5 nitrogen and oxygen atoms in total. The number of rotatable bonds is 12. The van der Waals surface area contributed by atoms with Gasteiger partial charge in [0.2, 0.25) is 5.91 Å². The Morgan fingerprint density at radius 2 is 1.72 bits per heavy atom. The summed E-state index contributed by atoms with van der Waals surface area (Å²) in [7, 11) is 0. The lowest BCUT2D eigenvalue weighted by atomic mass is 10.1. The van der Waals surface area contributed by atoms with E-state index in [0.29, 0.717) is 42.5 Å². The molecule has 0 radical (unpaired) electrons. The van der Waals surface area contributed by atoms with Gasteiger partial charge in [-0.2, -0.15) is 13.2 Å². The van der Waals surface area contributed by atoms with Crippen molar-refractivity contribution in [3.63, 3.8) is 0 Å². The maximum Gasteiger partial charge on any atom is 0.435 e. The van der Waals surface area contributed by atoms with Crippen molar-refractivity contribution in [2.45, 2.75) is 65.8 Å². The lowest BCUT2D eigenvalue weighted by molar-refractivity contribution is -0.141. The first-order valence-corrected chi connectivity index (χ1v) is 12.4. The summed E-state index contributed by atoms with van der Waals surface area (Å²) in [6, 6.07) is 16.0. The zero-order chi connectivity index (χ0) is 26.3. The van der Waals surface area contributed by atoms with Gasteiger partial charge in [-0.3, -0.25) is 9.69 Å². The molecule has 1 aromatic heterocycles. The van der Waals surface area contributed by atoms with Crippen LogP contribution in [0.2, 0.25) is 0 Å². The highest BCUT2D eigenvalue weighted by Crippen LogP contribution is 2.36. The summed E-state index contributed by atoms with van der Waals surface area (Å²) in [6.07, 6.45) is -2.11. The molecule has 0 saturated heterocycles. The van der Waals surface area contributed by atoms with Crippen molar-refractivity contribution in [2.24, 2.45) is 11.7 Å². The monoisotopic (exact) mass is 500 g/mol. The first-order valence-electron chi connectivity index (χ1n) is 12.4. The van der Waals surface area contributed by atoms with Gasteiger partial charge >= 0.3 is 6.18 Å². The van der Waals surface area contributed by atoms with E-state index in [9.17, 15) is 18.0 Å². The number of amides is 1. The van der Waals surface area contributed by atoms with Crippen LogP contribution in [0, 0.1) is 5.92 Å². The summed E-state index contributed by atoms with van der Waals surface area (Å²) in [5.41, 5.74) is 6.68. The molecular formula is C28H35F3N4O. The second-order valence-electron chi connectivity index (χ2n) is 9.55. The van der Waals surface area contributed by atoms with Crippen LogP contribution in [0.15, 0.2) is 54.6 Å². The third-order valence-corrected chi connectivity index (χ3v) is 6.15. The van der Waals surface area contributed by atoms with Crippen LogP contribution in [0.5, 0.6) is 0 Å². The van der Waals surface area contributed by atoms with E-state index in [4.69, 9.17) is 5.73 Å². The Morgan fingerprint density at radius 3 is 2.28 bits per heavy atom. The highest BCUT2D eigenvalue weighted by molar-refractivity contribution is 5.92. The standard InChI is InChI=1S/C28H35F3N4O/c1-4-5-16-35-24(25(28(29,30)31)33-27(35)23-9-7-6-8-10-23)19-34(17-15-20(2)3)18-21-11-13-22(14-12-21)26(32)36/h6-14,20H,4-5,15-19H2,1-3H3,(H2,32,36). The number of primary amides is 1. The lowest BCUT2D eigenvalue weighted by Gasteiger charge is -2.25. The molecular weight excluding hydrogens is 465 g/mol. The second-order valence-corrected chi connectivity index (χ2v) is 9.55. The molecule has 0 aliphatic heterocycles. The third kappa shape index (κ3) is 7.20. The average molecular weight is 501 g/mol. The summed E-state index contributed by atoms with van der Waals surface area (Å²) in [5.74, 6) is 0.235. The molecule has 1 heterocycles. The van der Waals surface area contributed by atoms with Gasteiger partial charge in [-0.15, -0.1) is 0 Å². The molecule has 0 spiro atoms. The molecule has 3 rings (SSSR count). The summed E-state index contributed by atoms with van der Waals surface area (Å²) in [5, 5.41) is 0. The van der Waals surface area contributed by atoms with E-state index in [1.54, 1.807) is 41.0 Å². The highest BCUT2D eigenvalue weighted by Gasteiger charge is 2.39. The summed E-state index contributed by atoms with van der Waals surface area (Å²) >= 11 is 0. The van der Waals surface area contributed by atoms with Crippen LogP contribution in [-0.2, 0) is 25.8 Å². The number of unbranched alkanes of at least 4 members (excludes halogenated alkanes) is 1. The lowest BCUT2D eigenvalue weighted by Crippen LogP contribution is -2.28. The van der Waals surface area contributed by atoms with Crippen molar-refractivity contribution < 1.29 is 18.0 Å². The van der Waals surface area contributed by atoms with Crippen molar-refractivity contribution in [3.8, 4) is 11.4 Å². The van der Waals surface area contributed by atoms with E-state index in [-0.39, 0.29) is 12.2 Å². The maximum absolute atomic E-state index is 14.3. The molecule has 0 fully saturated rings. The molecule has 0 saturated carbocycles. The predicted molar refractivity (Wildman–Crippen MR) is 136 cm³/mol. The number of benzene rings is 2. The van der Waals surface area contributed by atoms with Gasteiger partial charge in [-0.05, 0) is 43.0 Å². The van der Waals surface area contributed by atoms with Gasteiger partial charge in [0.05, 0.1) is 5.69 Å². The van der Waals surface area contributed by atoms with Gasteiger partial charge < -0.3 is 10.3 Å². The molecule has 8 heteroatoms. The van der Waals surface area contributed by atoms with E-state index >= 15 is 0 Å². The molecule has 36 heavy (non-hydrogen) atoms. The van der Waals surface area contributed by atoms with E-state index in [1.165, 1.54) is 0 Å². The first-order chi connectivity index (χ1) is 17.1. The number of halogens is 3. The summed E-state index contributed by atoms with van der Waals surface area (Å²) in [6.45, 7) is 7.87. The van der Waals surface area contributed by atoms with Crippen molar-refractivity contribution in [1.29, 1.82) is 0 Å². The number of nitrogens with two attached hydrogens (primary N) is 1. The number of imidazole rings is 1. The van der Waals surface area contributed by atoms with E-state index in [2.05, 4.69) is 18.8 Å². The van der Waals surface area contributed by atoms with Crippen molar-refractivity contribution in [2.75, 3.05) is 6.54 Å². The van der Waals surface area contributed by atoms with Crippen LogP contribution in [-0.4, -0.2) is 26.9 Å². The smallest absolute Gasteiger partial charge is 0.366 e. The van der Waals surface area contributed by atoms with E-state index in [0.717, 1.165) is 24.8 Å². The Labute approximate surface area is 211 Å².